The first kappa shape index (κ1) is 11.5. The molecule has 3 rings (SSSR count). The zero-order valence-corrected chi connectivity index (χ0v) is 10.8. The molecule has 2 aromatic rings. The highest BCUT2D eigenvalue weighted by atomic mass is 16.3. The second-order valence-electron chi connectivity index (χ2n) is 5.10. The van der Waals surface area contributed by atoms with E-state index in [0.717, 1.165) is 17.1 Å². The smallest absolute Gasteiger partial charge is 0.137 e. The Morgan fingerprint density at radius 2 is 1.94 bits per heavy atom. The Balaban J connectivity index is 2.08. The van der Waals surface area contributed by atoms with Crippen LogP contribution in [0, 0.1) is 6.92 Å². The molecule has 2 nitrogen and oxygen atoms in total. The van der Waals surface area contributed by atoms with Crippen LogP contribution in [0.2, 0.25) is 0 Å². The lowest BCUT2D eigenvalue weighted by molar-refractivity contribution is 0.347. The summed E-state index contributed by atoms with van der Waals surface area (Å²) in [5, 5.41) is 0. The largest absolute Gasteiger partial charge is 0.460 e. The molecule has 0 aliphatic heterocycles. The van der Waals surface area contributed by atoms with Crippen LogP contribution < -0.4 is 5.73 Å². The van der Waals surface area contributed by atoms with Gasteiger partial charge in [0.1, 0.15) is 11.5 Å². The van der Waals surface area contributed by atoms with E-state index < -0.39 is 0 Å². The van der Waals surface area contributed by atoms with Crippen LogP contribution in [0.15, 0.2) is 34.7 Å². The lowest BCUT2D eigenvalue weighted by Gasteiger charge is -2.24. The van der Waals surface area contributed by atoms with Crippen molar-refractivity contribution in [2.75, 3.05) is 0 Å². The van der Waals surface area contributed by atoms with Crippen molar-refractivity contribution in [1.29, 1.82) is 0 Å². The van der Waals surface area contributed by atoms with E-state index in [1.807, 2.05) is 18.2 Å². The number of furan rings is 1. The van der Waals surface area contributed by atoms with Gasteiger partial charge in [0.2, 0.25) is 0 Å². The molecule has 0 saturated heterocycles. The number of rotatable bonds is 3. The summed E-state index contributed by atoms with van der Waals surface area (Å²) in [4.78, 5) is 0. The van der Waals surface area contributed by atoms with Crippen LogP contribution in [-0.4, -0.2) is 0 Å². The van der Waals surface area contributed by atoms with Crippen LogP contribution >= 0.6 is 0 Å². The van der Waals surface area contributed by atoms with Gasteiger partial charge in [0.05, 0.1) is 0 Å². The Hall–Kier alpha value is -1.54. The molecule has 18 heavy (non-hydrogen) atoms. The first-order chi connectivity index (χ1) is 8.81. The van der Waals surface area contributed by atoms with E-state index in [-0.39, 0.29) is 0 Å². The van der Waals surface area contributed by atoms with Gasteiger partial charge in [-0.25, -0.2) is 0 Å². The lowest BCUT2D eigenvalue weighted by Crippen LogP contribution is -2.11. The maximum absolute atomic E-state index is 6.15. The monoisotopic (exact) mass is 241 g/mol. The molecule has 2 heteroatoms. The van der Waals surface area contributed by atoms with Crippen LogP contribution in [0.5, 0.6) is 0 Å². The molecule has 1 fully saturated rings. The highest BCUT2D eigenvalue weighted by Crippen LogP contribution is 2.42. The predicted octanol–water partition coefficient (Wildman–Crippen LogP) is 3.98. The molecule has 2 N–H and O–H groups in total. The summed E-state index contributed by atoms with van der Waals surface area (Å²) in [6.07, 6.45) is 3.80. The summed E-state index contributed by atoms with van der Waals surface area (Å²) >= 11 is 0. The molecular formula is C16H19NO. The second-order valence-corrected chi connectivity index (χ2v) is 5.10. The van der Waals surface area contributed by atoms with E-state index in [4.69, 9.17) is 10.2 Å². The Morgan fingerprint density at radius 3 is 2.50 bits per heavy atom. The molecule has 1 aliphatic carbocycles. The van der Waals surface area contributed by atoms with E-state index in [9.17, 15) is 0 Å². The maximum Gasteiger partial charge on any atom is 0.137 e. The SMILES string of the molecule is Cc1c(-c2ccccc2)oc(C2CCC2)c1CN. The van der Waals surface area contributed by atoms with Crippen LogP contribution in [0.25, 0.3) is 11.3 Å². The molecule has 1 aliphatic rings. The first-order valence-corrected chi connectivity index (χ1v) is 6.69. The Kier molecular flexibility index (Phi) is 2.96. The zero-order valence-electron chi connectivity index (χ0n) is 10.8. The number of nitrogens with two attached hydrogens (primary N) is 1. The molecule has 0 atom stereocenters. The second kappa shape index (κ2) is 4.62. The van der Waals surface area contributed by atoms with Crippen LogP contribution in [0.4, 0.5) is 0 Å². The van der Waals surface area contributed by atoms with Crippen molar-refractivity contribution in [2.45, 2.75) is 38.6 Å². The van der Waals surface area contributed by atoms with Gasteiger partial charge in [-0.15, -0.1) is 0 Å². The number of hydrogen-bond donors (Lipinski definition) is 1. The van der Waals surface area contributed by atoms with Gasteiger partial charge in [0.25, 0.3) is 0 Å². The average Bonchev–Trinajstić information content (AvgIpc) is 2.65. The van der Waals surface area contributed by atoms with Gasteiger partial charge >= 0.3 is 0 Å². The fourth-order valence-corrected chi connectivity index (χ4v) is 2.69. The molecule has 1 aromatic heterocycles. The van der Waals surface area contributed by atoms with Gasteiger partial charge in [0, 0.05) is 29.2 Å². The lowest BCUT2D eigenvalue weighted by atomic mass is 9.82. The van der Waals surface area contributed by atoms with Gasteiger partial charge in [-0.05, 0) is 19.8 Å². The zero-order chi connectivity index (χ0) is 12.5. The van der Waals surface area contributed by atoms with Crippen LogP contribution in [0.3, 0.4) is 0 Å². The van der Waals surface area contributed by atoms with Crippen molar-refractivity contribution in [3.63, 3.8) is 0 Å². The van der Waals surface area contributed by atoms with Crippen molar-refractivity contribution in [1.82, 2.24) is 0 Å². The minimum Gasteiger partial charge on any atom is -0.460 e. The Morgan fingerprint density at radius 1 is 1.22 bits per heavy atom. The van der Waals surface area contributed by atoms with Gasteiger partial charge < -0.3 is 10.2 Å². The highest BCUT2D eigenvalue weighted by Gasteiger charge is 2.28. The molecule has 0 amide bonds. The van der Waals surface area contributed by atoms with Crippen molar-refractivity contribution in [3.8, 4) is 11.3 Å². The van der Waals surface area contributed by atoms with Crippen molar-refractivity contribution >= 4 is 0 Å². The molecule has 0 bridgehead atoms. The highest BCUT2D eigenvalue weighted by molar-refractivity contribution is 5.63. The first-order valence-electron chi connectivity index (χ1n) is 6.69. The summed E-state index contributed by atoms with van der Waals surface area (Å²) in [6.45, 7) is 2.70. The minimum absolute atomic E-state index is 0.577. The summed E-state index contributed by atoms with van der Waals surface area (Å²) < 4.78 is 6.15. The van der Waals surface area contributed by atoms with Gasteiger partial charge in [-0.1, -0.05) is 36.8 Å². The third-order valence-electron chi connectivity index (χ3n) is 4.02. The minimum atomic E-state index is 0.577. The van der Waals surface area contributed by atoms with Gasteiger partial charge in [0.15, 0.2) is 0 Å². The summed E-state index contributed by atoms with van der Waals surface area (Å²) in [5.41, 5.74) is 9.48. The third kappa shape index (κ3) is 1.77. The third-order valence-corrected chi connectivity index (χ3v) is 4.02. The quantitative estimate of drug-likeness (QED) is 0.882. The summed E-state index contributed by atoms with van der Waals surface area (Å²) in [5.74, 6) is 2.73. The topological polar surface area (TPSA) is 39.2 Å². The molecule has 1 saturated carbocycles. The number of hydrogen-bond acceptors (Lipinski definition) is 2. The van der Waals surface area contributed by atoms with E-state index in [2.05, 4.69) is 19.1 Å². The van der Waals surface area contributed by atoms with E-state index in [1.165, 1.54) is 30.4 Å². The molecule has 0 unspecified atom stereocenters. The molecular weight excluding hydrogens is 222 g/mol. The fourth-order valence-electron chi connectivity index (χ4n) is 2.69. The molecule has 1 heterocycles. The van der Waals surface area contributed by atoms with E-state index in [1.54, 1.807) is 0 Å². The number of benzene rings is 1. The Labute approximate surface area is 108 Å². The molecule has 1 aromatic carbocycles. The Bertz CT molecular complexity index is 538. The molecule has 94 valence electrons. The van der Waals surface area contributed by atoms with Gasteiger partial charge in [-0.3, -0.25) is 0 Å². The summed E-state index contributed by atoms with van der Waals surface area (Å²) in [7, 11) is 0. The van der Waals surface area contributed by atoms with Crippen molar-refractivity contribution in [3.05, 3.63) is 47.2 Å². The average molecular weight is 241 g/mol. The molecule has 0 spiro atoms. The van der Waals surface area contributed by atoms with Gasteiger partial charge in [-0.2, -0.15) is 0 Å². The fraction of sp³-hybridized carbons (Fsp3) is 0.375. The maximum atomic E-state index is 6.15. The van der Waals surface area contributed by atoms with E-state index in [0.29, 0.717) is 12.5 Å². The summed E-state index contributed by atoms with van der Waals surface area (Å²) in [6, 6.07) is 10.3. The normalized spacial score (nSPS) is 15.7. The predicted molar refractivity (Wildman–Crippen MR) is 73.4 cm³/mol. The van der Waals surface area contributed by atoms with Crippen LogP contribution in [-0.2, 0) is 6.54 Å². The van der Waals surface area contributed by atoms with Crippen LogP contribution in [0.1, 0.15) is 42.1 Å². The standard InChI is InChI=1S/C16H19NO/c1-11-14(10-17)16(13-8-5-9-13)18-15(11)12-6-3-2-4-7-12/h2-4,6-7,13H,5,8-10,17H2,1H3. The van der Waals surface area contributed by atoms with E-state index >= 15 is 0 Å². The van der Waals surface area contributed by atoms with Crippen molar-refractivity contribution < 1.29 is 4.42 Å². The molecule has 0 radical (unpaired) electrons. The van der Waals surface area contributed by atoms with Crippen molar-refractivity contribution in [2.24, 2.45) is 5.73 Å².